The molecule has 1 aliphatic rings. The molecule has 0 aliphatic carbocycles. The molecule has 1 aliphatic heterocycles. The van der Waals surface area contributed by atoms with Gasteiger partial charge in [-0.1, -0.05) is 30.3 Å². The summed E-state index contributed by atoms with van der Waals surface area (Å²) in [5.74, 6) is 3.04. The van der Waals surface area contributed by atoms with E-state index in [1.165, 1.54) is 0 Å². The van der Waals surface area contributed by atoms with Gasteiger partial charge in [-0.05, 0) is 42.5 Å². The van der Waals surface area contributed by atoms with E-state index in [9.17, 15) is 0 Å². The maximum absolute atomic E-state index is 8.32. The lowest BCUT2D eigenvalue weighted by atomic mass is 10.1. The molecule has 0 bridgehead atoms. The lowest BCUT2D eigenvalue weighted by molar-refractivity contribution is 0.285. The number of rotatable bonds is 8. The van der Waals surface area contributed by atoms with Gasteiger partial charge in [0.2, 0.25) is 0 Å². The van der Waals surface area contributed by atoms with Crippen molar-refractivity contribution < 1.29 is 14.2 Å². The smallest absolute Gasteiger partial charge is 0.168 e. The first kappa shape index (κ1) is 19.8. The van der Waals surface area contributed by atoms with Crippen molar-refractivity contribution >= 4 is 22.4 Å². The molecule has 4 rings (SSSR count). The van der Waals surface area contributed by atoms with Gasteiger partial charge in [0.1, 0.15) is 17.4 Å². The number of nitrogens with zero attached hydrogens (tertiary/aromatic N) is 1. The van der Waals surface area contributed by atoms with Crippen molar-refractivity contribution in [1.29, 1.82) is 10.8 Å². The Kier molecular flexibility index (Phi) is 5.57. The minimum absolute atomic E-state index is 0.406. The molecular formula is C24H25N3O3. The molecule has 1 heterocycles. The van der Waals surface area contributed by atoms with E-state index in [0.29, 0.717) is 36.3 Å². The van der Waals surface area contributed by atoms with E-state index < -0.39 is 0 Å². The largest absolute Gasteiger partial charge is 0.497 e. The Labute approximate surface area is 176 Å². The van der Waals surface area contributed by atoms with Crippen LogP contribution in [0.3, 0.4) is 0 Å². The summed E-state index contributed by atoms with van der Waals surface area (Å²) in [6, 6.07) is 17.4. The summed E-state index contributed by atoms with van der Waals surface area (Å²) in [6.07, 6.45) is 1.64. The molecular weight excluding hydrogens is 378 g/mol. The number of methoxy groups -OCH3 is 2. The van der Waals surface area contributed by atoms with Crippen LogP contribution >= 0.6 is 0 Å². The van der Waals surface area contributed by atoms with Gasteiger partial charge in [0.05, 0.1) is 20.8 Å². The Morgan fingerprint density at radius 2 is 1.57 bits per heavy atom. The second-order valence-electron chi connectivity index (χ2n) is 7.13. The quantitative estimate of drug-likeness (QED) is 0.535. The normalized spacial score (nSPS) is 12.9. The number of benzene rings is 3. The SMILES string of the molecule is COc1ccc2c(OC)c(OCCCCN3C(=N)c4ccccc4C3=N)ccc2c1. The number of hydrogen-bond acceptors (Lipinski definition) is 5. The zero-order valence-corrected chi connectivity index (χ0v) is 17.2. The maximum atomic E-state index is 8.32. The lowest BCUT2D eigenvalue weighted by Crippen LogP contribution is -2.31. The Morgan fingerprint density at radius 1 is 0.833 bits per heavy atom. The third-order valence-electron chi connectivity index (χ3n) is 5.36. The van der Waals surface area contributed by atoms with Gasteiger partial charge < -0.3 is 19.1 Å². The predicted octanol–water partition coefficient (Wildman–Crippen LogP) is 4.68. The topological polar surface area (TPSA) is 78.6 Å². The molecule has 0 atom stereocenters. The van der Waals surface area contributed by atoms with Gasteiger partial charge in [-0.15, -0.1) is 0 Å². The van der Waals surface area contributed by atoms with Crippen LogP contribution in [0, 0.1) is 10.8 Å². The first-order valence-corrected chi connectivity index (χ1v) is 9.96. The molecule has 2 N–H and O–H groups in total. The number of hydrogen-bond donors (Lipinski definition) is 2. The van der Waals surface area contributed by atoms with Crippen LogP contribution in [0.25, 0.3) is 10.8 Å². The highest BCUT2D eigenvalue weighted by atomic mass is 16.5. The van der Waals surface area contributed by atoms with E-state index in [0.717, 1.165) is 40.5 Å². The average molecular weight is 403 g/mol. The Bertz CT molecular complexity index is 1080. The van der Waals surface area contributed by atoms with E-state index in [2.05, 4.69) is 0 Å². The van der Waals surface area contributed by atoms with E-state index in [4.69, 9.17) is 25.0 Å². The van der Waals surface area contributed by atoms with Crippen molar-refractivity contribution in [2.75, 3.05) is 27.4 Å². The van der Waals surface area contributed by atoms with Crippen LogP contribution in [0.5, 0.6) is 17.2 Å². The molecule has 0 amide bonds. The van der Waals surface area contributed by atoms with Crippen molar-refractivity contribution in [2.24, 2.45) is 0 Å². The first-order chi connectivity index (χ1) is 14.6. The molecule has 0 saturated heterocycles. The summed E-state index contributed by atoms with van der Waals surface area (Å²) in [7, 11) is 3.30. The summed E-state index contributed by atoms with van der Waals surface area (Å²) >= 11 is 0. The summed E-state index contributed by atoms with van der Waals surface area (Å²) in [5, 5.41) is 18.7. The van der Waals surface area contributed by atoms with E-state index in [1.807, 2.05) is 54.6 Å². The summed E-state index contributed by atoms with van der Waals surface area (Å²) in [4.78, 5) is 1.76. The molecule has 0 unspecified atom stereocenters. The van der Waals surface area contributed by atoms with Crippen LogP contribution in [-0.4, -0.2) is 43.9 Å². The number of unbranched alkanes of at least 4 members (excludes halogenated alkanes) is 1. The van der Waals surface area contributed by atoms with Crippen LogP contribution in [0.1, 0.15) is 24.0 Å². The molecule has 6 heteroatoms. The average Bonchev–Trinajstić information content (AvgIpc) is 3.03. The highest BCUT2D eigenvalue weighted by molar-refractivity contribution is 6.23. The molecule has 0 spiro atoms. The molecule has 6 nitrogen and oxygen atoms in total. The molecule has 0 saturated carbocycles. The Morgan fingerprint density at radius 3 is 2.23 bits per heavy atom. The minimum atomic E-state index is 0.406. The van der Waals surface area contributed by atoms with E-state index >= 15 is 0 Å². The van der Waals surface area contributed by atoms with E-state index in [-0.39, 0.29) is 0 Å². The molecule has 154 valence electrons. The standard InChI is InChI=1S/C24H25N3O3/c1-28-17-10-11-18-16(15-17)9-12-21(22(18)29-2)30-14-6-5-13-27-23(25)19-7-3-4-8-20(19)24(27)26/h3-4,7-12,15,25-26H,5-6,13-14H2,1-2H3. The summed E-state index contributed by atoms with van der Waals surface area (Å²) in [6.45, 7) is 1.17. The van der Waals surface area contributed by atoms with Gasteiger partial charge in [0, 0.05) is 23.1 Å². The Balaban J connectivity index is 1.34. The first-order valence-electron chi connectivity index (χ1n) is 9.96. The van der Waals surface area contributed by atoms with Gasteiger partial charge in [0.25, 0.3) is 0 Å². The maximum Gasteiger partial charge on any atom is 0.168 e. The van der Waals surface area contributed by atoms with Crippen LogP contribution in [-0.2, 0) is 0 Å². The van der Waals surface area contributed by atoms with Crippen molar-refractivity contribution in [1.82, 2.24) is 4.90 Å². The molecule has 3 aromatic carbocycles. The van der Waals surface area contributed by atoms with Crippen LogP contribution in [0.2, 0.25) is 0 Å². The number of ether oxygens (including phenoxy) is 3. The lowest BCUT2D eigenvalue weighted by Gasteiger charge is -2.18. The highest BCUT2D eigenvalue weighted by Gasteiger charge is 2.28. The molecule has 0 radical (unpaired) electrons. The third kappa shape index (κ3) is 3.56. The molecule has 3 aromatic rings. The highest BCUT2D eigenvalue weighted by Crippen LogP contribution is 2.37. The van der Waals surface area contributed by atoms with Gasteiger partial charge in [-0.3, -0.25) is 10.8 Å². The fourth-order valence-electron chi connectivity index (χ4n) is 3.79. The van der Waals surface area contributed by atoms with Crippen molar-refractivity contribution in [3.63, 3.8) is 0 Å². The number of nitrogens with one attached hydrogen (secondary N) is 2. The summed E-state index contributed by atoms with van der Waals surface area (Å²) in [5.41, 5.74) is 1.66. The van der Waals surface area contributed by atoms with Gasteiger partial charge >= 0.3 is 0 Å². The third-order valence-corrected chi connectivity index (χ3v) is 5.36. The number of fused-ring (bicyclic) bond motifs is 2. The van der Waals surface area contributed by atoms with Crippen LogP contribution < -0.4 is 14.2 Å². The second-order valence-corrected chi connectivity index (χ2v) is 7.13. The van der Waals surface area contributed by atoms with Gasteiger partial charge in [0.15, 0.2) is 11.5 Å². The second kappa shape index (κ2) is 8.45. The number of amidine groups is 2. The zero-order chi connectivity index (χ0) is 21.1. The monoisotopic (exact) mass is 403 g/mol. The van der Waals surface area contributed by atoms with E-state index in [1.54, 1.807) is 19.1 Å². The van der Waals surface area contributed by atoms with Crippen molar-refractivity contribution in [3.05, 3.63) is 65.7 Å². The van der Waals surface area contributed by atoms with Gasteiger partial charge in [-0.2, -0.15) is 0 Å². The van der Waals surface area contributed by atoms with Gasteiger partial charge in [-0.25, -0.2) is 0 Å². The predicted molar refractivity (Wildman–Crippen MR) is 119 cm³/mol. The summed E-state index contributed by atoms with van der Waals surface area (Å²) < 4.78 is 16.9. The molecule has 30 heavy (non-hydrogen) atoms. The Hall–Kier alpha value is -3.54. The molecule has 0 fully saturated rings. The molecule has 0 aromatic heterocycles. The minimum Gasteiger partial charge on any atom is -0.497 e. The fourth-order valence-corrected chi connectivity index (χ4v) is 3.79. The van der Waals surface area contributed by atoms with Crippen LogP contribution in [0.15, 0.2) is 54.6 Å². The zero-order valence-electron chi connectivity index (χ0n) is 17.2. The van der Waals surface area contributed by atoms with Crippen molar-refractivity contribution in [3.8, 4) is 17.2 Å². The van der Waals surface area contributed by atoms with Crippen molar-refractivity contribution in [2.45, 2.75) is 12.8 Å². The van der Waals surface area contributed by atoms with Crippen LogP contribution in [0.4, 0.5) is 0 Å². The fraction of sp³-hybridized carbons (Fsp3) is 0.250.